The maximum Gasteiger partial charge on any atom is 0.246 e. The Morgan fingerprint density at radius 3 is 2.36 bits per heavy atom. The molecule has 2 N–H and O–H groups in total. The highest BCUT2D eigenvalue weighted by Crippen LogP contribution is 2.20. The lowest BCUT2D eigenvalue weighted by molar-refractivity contribution is -0.126. The van der Waals surface area contributed by atoms with Crippen LogP contribution in [-0.2, 0) is 4.79 Å². The molecule has 0 spiro atoms. The third kappa shape index (κ3) is 4.26. The van der Waals surface area contributed by atoms with Crippen LogP contribution < -0.4 is 15.4 Å². The number of piperazine rings is 1. The van der Waals surface area contributed by atoms with Gasteiger partial charge in [0.1, 0.15) is 5.75 Å². The molecule has 3 rings (SSSR count). The van der Waals surface area contributed by atoms with Crippen LogP contribution in [-0.4, -0.2) is 54.1 Å². The summed E-state index contributed by atoms with van der Waals surface area (Å²) in [5.74, 6) is 1.05. The molecular weight excluding hydrogens is 318 g/mol. The highest BCUT2D eigenvalue weighted by Gasteiger charge is 2.19. The fourth-order valence-electron chi connectivity index (χ4n) is 2.69. The van der Waals surface area contributed by atoms with Crippen molar-refractivity contribution in [1.29, 1.82) is 0 Å². The first-order valence-electron chi connectivity index (χ1n) is 8.09. The number of anilines is 2. The van der Waals surface area contributed by atoms with Gasteiger partial charge < -0.3 is 20.3 Å². The molecule has 1 aliphatic heterocycles. The van der Waals surface area contributed by atoms with Gasteiger partial charge in [0.05, 0.1) is 7.11 Å². The van der Waals surface area contributed by atoms with Crippen molar-refractivity contribution in [2.24, 2.45) is 0 Å². The number of nitrogens with two attached hydrogens (primary N) is 1. The average molecular weight is 339 g/mol. The van der Waals surface area contributed by atoms with Gasteiger partial charge in [-0.25, -0.2) is 9.97 Å². The van der Waals surface area contributed by atoms with Gasteiger partial charge in [0.25, 0.3) is 0 Å². The Morgan fingerprint density at radius 1 is 1.12 bits per heavy atom. The summed E-state index contributed by atoms with van der Waals surface area (Å²) in [6.45, 7) is 2.98. The van der Waals surface area contributed by atoms with E-state index >= 15 is 0 Å². The van der Waals surface area contributed by atoms with Gasteiger partial charge in [-0.15, -0.1) is 0 Å². The lowest BCUT2D eigenvalue weighted by Gasteiger charge is -2.35. The van der Waals surface area contributed by atoms with Crippen LogP contribution in [0.2, 0.25) is 0 Å². The molecule has 130 valence electrons. The van der Waals surface area contributed by atoms with E-state index in [1.807, 2.05) is 29.2 Å². The highest BCUT2D eigenvalue weighted by atomic mass is 16.5. The number of carbonyl (C=O) groups excluding carboxylic acids is 1. The Morgan fingerprint density at radius 2 is 1.76 bits per heavy atom. The second-order valence-corrected chi connectivity index (χ2v) is 5.72. The summed E-state index contributed by atoms with van der Waals surface area (Å²) in [7, 11) is 1.66. The van der Waals surface area contributed by atoms with Crippen molar-refractivity contribution in [1.82, 2.24) is 14.9 Å². The maximum absolute atomic E-state index is 12.3. The number of benzene rings is 1. The van der Waals surface area contributed by atoms with Crippen LogP contribution in [0.15, 0.2) is 42.7 Å². The zero-order valence-corrected chi connectivity index (χ0v) is 14.1. The Hall–Kier alpha value is -3.09. The fourth-order valence-corrected chi connectivity index (χ4v) is 2.69. The van der Waals surface area contributed by atoms with Crippen LogP contribution in [0.4, 0.5) is 11.6 Å². The van der Waals surface area contributed by atoms with Gasteiger partial charge in [-0.2, -0.15) is 0 Å². The van der Waals surface area contributed by atoms with E-state index in [2.05, 4.69) is 14.9 Å². The Balaban J connectivity index is 1.54. The summed E-state index contributed by atoms with van der Waals surface area (Å²) in [6.07, 6.45) is 6.44. The number of rotatable bonds is 4. The second kappa shape index (κ2) is 7.65. The largest absolute Gasteiger partial charge is 0.497 e. The van der Waals surface area contributed by atoms with Crippen molar-refractivity contribution in [3.05, 3.63) is 48.3 Å². The van der Waals surface area contributed by atoms with E-state index in [4.69, 9.17) is 10.5 Å². The number of hydrogen-bond acceptors (Lipinski definition) is 6. The van der Waals surface area contributed by atoms with Crippen LogP contribution in [0, 0.1) is 0 Å². The Kier molecular flexibility index (Phi) is 5.13. The van der Waals surface area contributed by atoms with E-state index in [1.54, 1.807) is 31.7 Å². The summed E-state index contributed by atoms with van der Waals surface area (Å²) >= 11 is 0. The summed E-state index contributed by atoms with van der Waals surface area (Å²) in [6, 6.07) is 7.98. The Labute approximate surface area is 146 Å². The number of ether oxygens (including phenoxy) is 1. The van der Waals surface area contributed by atoms with Gasteiger partial charge >= 0.3 is 0 Å². The zero-order valence-electron chi connectivity index (χ0n) is 14.1. The summed E-state index contributed by atoms with van der Waals surface area (Å²) in [4.78, 5) is 24.2. The molecule has 7 heteroatoms. The van der Waals surface area contributed by atoms with Gasteiger partial charge in [0.15, 0.2) is 0 Å². The summed E-state index contributed by atoms with van der Waals surface area (Å²) < 4.78 is 5.18. The third-order valence-corrected chi connectivity index (χ3v) is 4.14. The first kappa shape index (κ1) is 16.8. The van der Waals surface area contributed by atoms with Gasteiger partial charge in [0.2, 0.25) is 11.9 Å². The van der Waals surface area contributed by atoms with E-state index in [0.29, 0.717) is 13.1 Å². The second-order valence-electron chi connectivity index (χ2n) is 5.72. The van der Waals surface area contributed by atoms with Crippen LogP contribution in [0.1, 0.15) is 5.56 Å². The molecule has 1 fully saturated rings. The minimum absolute atomic E-state index is 0.00814. The van der Waals surface area contributed by atoms with Crippen LogP contribution in [0.3, 0.4) is 0 Å². The quantitative estimate of drug-likeness (QED) is 0.848. The normalized spacial score (nSPS) is 14.8. The van der Waals surface area contributed by atoms with Gasteiger partial charge in [-0.3, -0.25) is 4.79 Å². The number of nitrogen functional groups attached to an aromatic ring is 1. The molecule has 1 amide bonds. The SMILES string of the molecule is COc1ccc(N2CCN(C(=O)C=Cc3cnc(N)nc3)CC2)cc1. The topological polar surface area (TPSA) is 84.6 Å². The first-order valence-corrected chi connectivity index (χ1v) is 8.09. The minimum Gasteiger partial charge on any atom is -0.497 e. The predicted molar refractivity (Wildman–Crippen MR) is 97.3 cm³/mol. The lowest BCUT2D eigenvalue weighted by atomic mass is 10.2. The van der Waals surface area contributed by atoms with Crippen LogP contribution in [0.25, 0.3) is 6.08 Å². The van der Waals surface area contributed by atoms with Crippen molar-refractivity contribution in [3.8, 4) is 5.75 Å². The molecule has 0 bridgehead atoms. The number of carbonyl (C=O) groups is 1. The molecule has 0 aliphatic carbocycles. The molecule has 1 aromatic heterocycles. The predicted octanol–water partition coefficient (Wildman–Crippen LogP) is 1.43. The van der Waals surface area contributed by atoms with Crippen LogP contribution in [0.5, 0.6) is 5.75 Å². The smallest absolute Gasteiger partial charge is 0.246 e. The first-order chi connectivity index (χ1) is 12.2. The zero-order chi connectivity index (χ0) is 17.6. The number of nitrogens with zero attached hydrogens (tertiary/aromatic N) is 4. The van der Waals surface area contributed by atoms with Crippen molar-refractivity contribution in [2.45, 2.75) is 0 Å². The van der Waals surface area contributed by atoms with E-state index in [-0.39, 0.29) is 11.9 Å². The monoisotopic (exact) mass is 339 g/mol. The van der Waals surface area contributed by atoms with Gasteiger partial charge in [-0.1, -0.05) is 0 Å². The minimum atomic E-state index is -0.00814. The molecule has 0 atom stereocenters. The van der Waals surface area contributed by atoms with Gasteiger partial charge in [-0.05, 0) is 30.3 Å². The third-order valence-electron chi connectivity index (χ3n) is 4.14. The summed E-state index contributed by atoms with van der Waals surface area (Å²) in [5.41, 5.74) is 7.33. The van der Waals surface area contributed by atoms with Gasteiger partial charge in [0, 0.05) is 55.9 Å². The molecule has 0 unspecified atom stereocenters. The lowest BCUT2D eigenvalue weighted by Crippen LogP contribution is -2.48. The van der Waals surface area contributed by atoms with Crippen molar-refractivity contribution in [3.63, 3.8) is 0 Å². The number of methoxy groups -OCH3 is 1. The van der Waals surface area contributed by atoms with Crippen molar-refractivity contribution < 1.29 is 9.53 Å². The molecule has 1 aliphatic rings. The molecular formula is C18H21N5O2. The maximum atomic E-state index is 12.3. The molecule has 1 aromatic carbocycles. The van der Waals surface area contributed by atoms with E-state index in [9.17, 15) is 4.79 Å². The molecule has 2 heterocycles. The van der Waals surface area contributed by atoms with Crippen molar-refractivity contribution >= 4 is 23.6 Å². The molecule has 0 saturated carbocycles. The van der Waals surface area contributed by atoms with E-state index in [0.717, 1.165) is 30.1 Å². The van der Waals surface area contributed by atoms with Crippen molar-refractivity contribution in [2.75, 3.05) is 43.9 Å². The fraction of sp³-hybridized carbons (Fsp3) is 0.278. The number of hydrogen-bond donors (Lipinski definition) is 1. The summed E-state index contributed by atoms with van der Waals surface area (Å²) in [5, 5.41) is 0. The molecule has 0 radical (unpaired) electrons. The molecule has 2 aromatic rings. The molecule has 1 saturated heterocycles. The Bertz CT molecular complexity index is 735. The van der Waals surface area contributed by atoms with E-state index in [1.165, 1.54) is 0 Å². The van der Waals surface area contributed by atoms with Crippen LogP contribution >= 0.6 is 0 Å². The highest BCUT2D eigenvalue weighted by molar-refractivity contribution is 5.91. The number of aromatic nitrogens is 2. The standard InChI is InChI=1S/C18H21N5O2/c1-25-16-5-3-15(4-6-16)22-8-10-23(11-9-22)17(24)7-2-14-12-20-18(19)21-13-14/h2-7,12-13H,8-11H2,1H3,(H2,19,20,21). The van der Waals surface area contributed by atoms with E-state index < -0.39 is 0 Å². The molecule has 25 heavy (non-hydrogen) atoms. The average Bonchev–Trinajstić information content (AvgIpc) is 2.67. The molecule has 7 nitrogen and oxygen atoms in total. The number of amides is 1.